The average molecular weight is 505 g/mol. The molecule has 8 nitrogen and oxygen atoms in total. The van der Waals surface area contributed by atoms with E-state index in [1.165, 1.54) is 5.32 Å². The summed E-state index contributed by atoms with van der Waals surface area (Å²) in [4.78, 5) is 23.0. The third-order valence-corrected chi connectivity index (χ3v) is 4.38. The zero-order valence-electron chi connectivity index (χ0n) is 15.0. The molecule has 31 heavy (non-hydrogen) atoms. The largest absolute Gasteiger partial charge is 0.516 e. The van der Waals surface area contributed by atoms with E-state index in [4.69, 9.17) is 16.3 Å². The number of sulfonamides is 1. The molecular formula is C14H12ClF7N2O6S. The van der Waals surface area contributed by atoms with E-state index in [2.05, 4.69) is 4.74 Å². The van der Waals surface area contributed by atoms with Crippen LogP contribution in [0.2, 0.25) is 5.02 Å². The van der Waals surface area contributed by atoms with Gasteiger partial charge < -0.3 is 14.8 Å². The fraction of sp³-hybridized carbons (Fsp3) is 0.429. The Morgan fingerprint density at radius 2 is 1.74 bits per heavy atom. The van der Waals surface area contributed by atoms with Crippen LogP contribution in [0.25, 0.3) is 0 Å². The van der Waals surface area contributed by atoms with Crippen molar-refractivity contribution in [3.05, 3.63) is 28.5 Å². The SMILES string of the molecule is CC(COc1cc(C(=O)NCC(F)(F)F)c(Cl)cc1F)OC(=O)NS(=O)(=O)C(F)(F)F. The molecular weight excluding hydrogens is 493 g/mol. The summed E-state index contributed by atoms with van der Waals surface area (Å²) in [5, 5.41) is 0.948. The van der Waals surface area contributed by atoms with Crippen molar-refractivity contribution in [3.63, 3.8) is 0 Å². The lowest BCUT2D eigenvalue weighted by Crippen LogP contribution is -2.41. The van der Waals surface area contributed by atoms with Gasteiger partial charge in [0.2, 0.25) is 0 Å². The molecule has 0 radical (unpaired) electrons. The molecule has 1 unspecified atom stereocenters. The number of alkyl halides is 6. The second-order valence-corrected chi connectivity index (χ2v) is 7.72. The van der Waals surface area contributed by atoms with Gasteiger partial charge in [0, 0.05) is 0 Å². The first-order chi connectivity index (χ1) is 13.9. The summed E-state index contributed by atoms with van der Waals surface area (Å²) >= 11 is 5.61. The highest BCUT2D eigenvalue weighted by Crippen LogP contribution is 2.27. The van der Waals surface area contributed by atoms with Gasteiger partial charge in [0.1, 0.15) is 19.3 Å². The summed E-state index contributed by atoms with van der Waals surface area (Å²) in [7, 11) is -6.02. The Kier molecular flexibility index (Phi) is 8.36. The smallest absolute Gasteiger partial charge is 0.487 e. The highest BCUT2D eigenvalue weighted by molar-refractivity contribution is 7.90. The molecule has 0 spiro atoms. The second-order valence-electron chi connectivity index (χ2n) is 5.64. The zero-order valence-corrected chi connectivity index (χ0v) is 16.6. The van der Waals surface area contributed by atoms with Crippen molar-refractivity contribution in [3.8, 4) is 5.75 Å². The summed E-state index contributed by atoms with van der Waals surface area (Å²) in [5.41, 5.74) is -6.37. The van der Waals surface area contributed by atoms with E-state index >= 15 is 0 Å². The van der Waals surface area contributed by atoms with E-state index in [9.17, 15) is 48.7 Å². The first kappa shape index (κ1) is 26.5. The minimum atomic E-state index is -6.02. The van der Waals surface area contributed by atoms with Gasteiger partial charge in [-0.2, -0.15) is 34.8 Å². The normalized spacial score (nSPS) is 13.3. The van der Waals surface area contributed by atoms with Gasteiger partial charge in [0.15, 0.2) is 11.6 Å². The van der Waals surface area contributed by atoms with Gasteiger partial charge in [-0.15, -0.1) is 0 Å². The molecule has 2 amide bonds. The van der Waals surface area contributed by atoms with Crippen LogP contribution in [0.5, 0.6) is 5.75 Å². The average Bonchev–Trinajstić information content (AvgIpc) is 2.56. The molecule has 17 heteroatoms. The van der Waals surface area contributed by atoms with E-state index in [0.717, 1.165) is 6.92 Å². The van der Waals surface area contributed by atoms with Crippen LogP contribution in [0.4, 0.5) is 35.5 Å². The summed E-state index contributed by atoms with van der Waals surface area (Å²) in [6, 6.07) is 1.19. The number of benzene rings is 1. The van der Waals surface area contributed by atoms with Gasteiger partial charge in [0.25, 0.3) is 5.91 Å². The molecule has 0 saturated heterocycles. The van der Waals surface area contributed by atoms with Gasteiger partial charge in [-0.05, 0) is 19.1 Å². The fourth-order valence-electron chi connectivity index (χ4n) is 1.70. The number of nitrogens with one attached hydrogen (secondary N) is 2. The monoisotopic (exact) mass is 504 g/mol. The van der Waals surface area contributed by atoms with E-state index in [1.807, 2.05) is 0 Å². The first-order valence-corrected chi connectivity index (χ1v) is 9.55. The maximum absolute atomic E-state index is 13.9. The Bertz CT molecular complexity index is 936. The molecule has 0 aliphatic rings. The second kappa shape index (κ2) is 9.76. The predicted octanol–water partition coefficient (Wildman–Crippen LogP) is 3.11. The molecule has 176 valence electrons. The Morgan fingerprint density at radius 1 is 1.16 bits per heavy atom. The Hall–Kier alpha value is -2.49. The summed E-state index contributed by atoms with van der Waals surface area (Å²) in [6.45, 7) is -1.41. The van der Waals surface area contributed by atoms with Gasteiger partial charge in [-0.3, -0.25) is 4.79 Å². The molecule has 1 aromatic carbocycles. The molecule has 1 aromatic rings. The lowest BCUT2D eigenvalue weighted by molar-refractivity contribution is -0.123. The molecule has 2 N–H and O–H groups in total. The summed E-state index contributed by atoms with van der Waals surface area (Å²) in [6.07, 6.45) is -8.16. The van der Waals surface area contributed by atoms with Crippen LogP contribution < -0.4 is 14.8 Å². The van der Waals surface area contributed by atoms with Crippen molar-refractivity contribution in [2.45, 2.75) is 24.7 Å². The van der Waals surface area contributed by atoms with Crippen molar-refractivity contribution in [2.24, 2.45) is 0 Å². The van der Waals surface area contributed by atoms with Crippen LogP contribution in [-0.2, 0) is 14.8 Å². The standard InChI is InChI=1S/C14H12ClF7N2O6S/c1-6(30-12(26)24-31(27,28)14(20,21)22)4-29-10-2-7(8(15)3-9(10)16)11(25)23-5-13(17,18)19/h2-3,6H,4-5H2,1H3,(H,23,25)(H,24,26). The minimum absolute atomic E-state index is 0.549. The Morgan fingerprint density at radius 3 is 2.26 bits per heavy atom. The first-order valence-electron chi connectivity index (χ1n) is 7.69. The topological polar surface area (TPSA) is 111 Å². The van der Waals surface area contributed by atoms with Crippen molar-refractivity contribution >= 4 is 33.6 Å². The molecule has 0 heterocycles. The molecule has 1 atom stereocenters. The molecule has 0 saturated carbocycles. The number of rotatable bonds is 7. The number of carbonyl (C=O) groups is 2. The lowest BCUT2D eigenvalue weighted by Gasteiger charge is -2.16. The molecule has 0 fully saturated rings. The Balaban J connectivity index is 2.78. The molecule has 0 aromatic heterocycles. The van der Waals surface area contributed by atoms with E-state index < -0.39 is 75.1 Å². The van der Waals surface area contributed by atoms with Crippen LogP contribution in [-0.4, -0.2) is 51.4 Å². The van der Waals surface area contributed by atoms with Crippen molar-refractivity contribution in [1.29, 1.82) is 0 Å². The van der Waals surface area contributed by atoms with Gasteiger partial charge in [0.05, 0.1) is 10.6 Å². The van der Waals surface area contributed by atoms with Crippen LogP contribution in [0.3, 0.4) is 0 Å². The highest BCUT2D eigenvalue weighted by atomic mass is 35.5. The van der Waals surface area contributed by atoms with Crippen LogP contribution >= 0.6 is 11.6 Å². The minimum Gasteiger partial charge on any atom is -0.487 e. The van der Waals surface area contributed by atoms with Crippen LogP contribution in [0.15, 0.2) is 12.1 Å². The number of hydrogen-bond donors (Lipinski definition) is 2. The van der Waals surface area contributed by atoms with Crippen molar-refractivity contribution < 1.29 is 58.2 Å². The number of halogens is 8. The lowest BCUT2D eigenvalue weighted by atomic mass is 10.2. The number of carbonyl (C=O) groups excluding carboxylic acids is 2. The highest BCUT2D eigenvalue weighted by Gasteiger charge is 2.47. The van der Waals surface area contributed by atoms with E-state index in [0.29, 0.717) is 16.9 Å². The number of ether oxygens (including phenoxy) is 2. The zero-order chi connectivity index (χ0) is 24.2. The summed E-state index contributed by atoms with van der Waals surface area (Å²) in [5.74, 6) is -3.21. The number of hydrogen-bond acceptors (Lipinski definition) is 6. The third-order valence-electron chi connectivity index (χ3n) is 3.02. The molecule has 0 aliphatic carbocycles. The van der Waals surface area contributed by atoms with Gasteiger partial charge in [-0.25, -0.2) is 13.9 Å². The van der Waals surface area contributed by atoms with Crippen LogP contribution in [0, 0.1) is 5.82 Å². The maximum Gasteiger partial charge on any atom is 0.516 e. The van der Waals surface area contributed by atoms with Crippen molar-refractivity contribution in [2.75, 3.05) is 13.2 Å². The van der Waals surface area contributed by atoms with E-state index in [1.54, 1.807) is 0 Å². The Labute approximate surface area is 174 Å². The molecule has 0 aliphatic heterocycles. The fourth-order valence-corrected chi connectivity index (χ4v) is 2.32. The molecule has 0 bridgehead atoms. The maximum atomic E-state index is 13.9. The van der Waals surface area contributed by atoms with Gasteiger partial charge in [-0.1, -0.05) is 11.6 Å². The van der Waals surface area contributed by atoms with Gasteiger partial charge >= 0.3 is 27.8 Å². The van der Waals surface area contributed by atoms with Crippen LogP contribution in [0.1, 0.15) is 17.3 Å². The third kappa shape index (κ3) is 8.28. The summed E-state index contributed by atoms with van der Waals surface area (Å²) < 4.78 is 118. The molecule has 1 rings (SSSR count). The number of amides is 2. The van der Waals surface area contributed by atoms with E-state index in [-0.39, 0.29) is 0 Å². The predicted molar refractivity (Wildman–Crippen MR) is 89.3 cm³/mol. The van der Waals surface area contributed by atoms with Crippen molar-refractivity contribution in [1.82, 2.24) is 10.0 Å². The quantitative estimate of drug-likeness (QED) is 0.552.